The van der Waals surface area contributed by atoms with Gasteiger partial charge in [0.05, 0.1) is 10.6 Å². The van der Waals surface area contributed by atoms with Crippen molar-refractivity contribution in [3.8, 4) is 11.6 Å². The van der Waals surface area contributed by atoms with Crippen LogP contribution in [0.5, 0.6) is 5.75 Å². The summed E-state index contributed by atoms with van der Waals surface area (Å²) in [6.45, 7) is 3.82. The van der Waals surface area contributed by atoms with Crippen molar-refractivity contribution in [2.45, 2.75) is 38.1 Å². The van der Waals surface area contributed by atoms with Crippen LogP contribution < -0.4 is 14.8 Å². The number of carbonyl (C=O) groups is 1. The van der Waals surface area contributed by atoms with Crippen molar-refractivity contribution in [2.24, 2.45) is 0 Å². The second kappa shape index (κ2) is 10.2. The number of sulfonamides is 1. The van der Waals surface area contributed by atoms with Crippen LogP contribution in [0.2, 0.25) is 0 Å². The molecule has 13 heteroatoms. The highest BCUT2D eigenvalue weighted by molar-refractivity contribution is 7.89. The van der Waals surface area contributed by atoms with Crippen LogP contribution in [0.15, 0.2) is 53.6 Å². The van der Waals surface area contributed by atoms with Crippen LogP contribution in [0.3, 0.4) is 0 Å². The summed E-state index contributed by atoms with van der Waals surface area (Å²) < 4.78 is 68.7. The summed E-state index contributed by atoms with van der Waals surface area (Å²) in [6.07, 6.45) is -3.39. The lowest BCUT2D eigenvalue weighted by Crippen LogP contribution is -2.30. The number of rotatable bonds is 9. The number of aryl methyl sites for hydroxylation is 2. The minimum absolute atomic E-state index is 0.133. The van der Waals surface area contributed by atoms with Gasteiger partial charge in [-0.2, -0.15) is 5.10 Å². The van der Waals surface area contributed by atoms with E-state index in [-0.39, 0.29) is 30.3 Å². The van der Waals surface area contributed by atoms with Gasteiger partial charge >= 0.3 is 6.36 Å². The summed E-state index contributed by atoms with van der Waals surface area (Å²) in [5.74, 6) is -0.282. The fourth-order valence-electron chi connectivity index (χ4n) is 3.00. The maximum absolute atomic E-state index is 12.2. The van der Waals surface area contributed by atoms with Gasteiger partial charge in [-0.15, -0.1) is 13.2 Å². The molecule has 0 unspecified atom stereocenters. The number of halogens is 3. The molecule has 3 aromatic rings. The van der Waals surface area contributed by atoms with Crippen LogP contribution in [0.25, 0.3) is 5.82 Å². The number of pyridine rings is 1. The second-order valence-corrected chi connectivity index (χ2v) is 9.07. The summed E-state index contributed by atoms with van der Waals surface area (Å²) >= 11 is 0. The maximum atomic E-state index is 12.2. The first-order valence-electron chi connectivity index (χ1n) is 10.0. The predicted molar refractivity (Wildman–Crippen MR) is 116 cm³/mol. The lowest BCUT2D eigenvalue weighted by molar-refractivity contribution is -0.274. The van der Waals surface area contributed by atoms with Gasteiger partial charge < -0.3 is 10.1 Å². The van der Waals surface area contributed by atoms with Crippen LogP contribution in [0.1, 0.15) is 23.4 Å². The fourth-order valence-corrected chi connectivity index (χ4v) is 4.03. The van der Waals surface area contributed by atoms with E-state index >= 15 is 0 Å². The van der Waals surface area contributed by atoms with Crippen LogP contribution in [-0.2, 0) is 21.4 Å². The van der Waals surface area contributed by atoms with Gasteiger partial charge in [0.1, 0.15) is 5.75 Å². The number of aromatic nitrogens is 3. The smallest absolute Gasteiger partial charge is 0.406 e. The first kappa shape index (κ1) is 25.2. The van der Waals surface area contributed by atoms with Crippen LogP contribution >= 0.6 is 0 Å². The van der Waals surface area contributed by atoms with E-state index < -0.39 is 22.1 Å². The van der Waals surface area contributed by atoms with Gasteiger partial charge in [-0.1, -0.05) is 6.07 Å². The molecule has 0 radical (unpaired) electrons. The summed E-state index contributed by atoms with van der Waals surface area (Å²) in [6, 6.07) is 9.25. The Bertz CT molecular complexity index is 1240. The molecule has 0 saturated carbocycles. The summed E-state index contributed by atoms with van der Waals surface area (Å²) in [5.41, 5.74) is 2.57. The molecule has 0 atom stereocenters. The highest BCUT2D eigenvalue weighted by atomic mass is 32.2. The summed E-state index contributed by atoms with van der Waals surface area (Å²) in [7, 11) is -4.00. The van der Waals surface area contributed by atoms with Gasteiger partial charge in [0.25, 0.3) is 0 Å². The summed E-state index contributed by atoms with van der Waals surface area (Å²) in [5, 5.41) is 7.02. The fraction of sp³-hybridized carbons (Fsp3) is 0.286. The zero-order valence-electron chi connectivity index (χ0n) is 18.3. The number of nitrogens with zero attached hydrogens (tertiary/aromatic N) is 3. The Labute approximate surface area is 194 Å². The molecule has 182 valence electrons. The maximum Gasteiger partial charge on any atom is 0.573 e. The van der Waals surface area contributed by atoms with Crippen LogP contribution in [0.4, 0.5) is 13.2 Å². The van der Waals surface area contributed by atoms with Crippen molar-refractivity contribution in [1.82, 2.24) is 24.8 Å². The lowest BCUT2D eigenvalue weighted by Gasteiger charge is -2.10. The standard InChI is InChI=1S/C21H22F3N5O4S/c1-14-11-15(2)29(28-14)19-8-3-16(12-25-19)13-26-20(30)9-10-27-34(31,32)18-6-4-17(5-7-18)33-21(22,23)24/h3-8,11-12,27H,9-10,13H2,1-2H3,(H,26,30). The molecule has 0 saturated heterocycles. The number of hydrogen-bond donors (Lipinski definition) is 2. The third kappa shape index (κ3) is 7.02. The SMILES string of the molecule is Cc1cc(C)n(-c2ccc(CNC(=O)CCNS(=O)(=O)c3ccc(OC(F)(F)F)cc3)cn2)n1. The number of nitrogens with one attached hydrogen (secondary N) is 2. The van der Waals surface area contributed by atoms with Gasteiger partial charge in [-0.05, 0) is 55.8 Å². The molecule has 2 aromatic heterocycles. The number of carbonyl (C=O) groups excluding carboxylic acids is 1. The molecule has 2 heterocycles. The monoisotopic (exact) mass is 497 g/mol. The topological polar surface area (TPSA) is 115 Å². The van der Waals surface area contributed by atoms with E-state index in [4.69, 9.17) is 0 Å². The van der Waals surface area contributed by atoms with E-state index in [0.29, 0.717) is 5.82 Å². The number of amides is 1. The van der Waals surface area contributed by atoms with Crippen molar-refractivity contribution in [2.75, 3.05) is 6.54 Å². The second-order valence-electron chi connectivity index (χ2n) is 7.31. The highest BCUT2D eigenvalue weighted by Crippen LogP contribution is 2.23. The Kier molecular flexibility index (Phi) is 7.57. The van der Waals surface area contributed by atoms with Crippen molar-refractivity contribution in [3.63, 3.8) is 0 Å². The van der Waals surface area contributed by atoms with Gasteiger partial charge in [-0.25, -0.2) is 22.8 Å². The molecule has 0 aliphatic carbocycles. The molecule has 2 N–H and O–H groups in total. The molecule has 34 heavy (non-hydrogen) atoms. The Balaban J connectivity index is 1.45. The van der Waals surface area contributed by atoms with Crippen molar-refractivity contribution < 1.29 is 31.1 Å². The first-order valence-corrected chi connectivity index (χ1v) is 11.5. The normalized spacial score (nSPS) is 11.9. The number of hydrogen-bond acceptors (Lipinski definition) is 6. The Hall–Kier alpha value is -3.45. The lowest BCUT2D eigenvalue weighted by atomic mass is 10.2. The predicted octanol–water partition coefficient (Wildman–Crippen LogP) is 2.77. The summed E-state index contributed by atoms with van der Waals surface area (Å²) in [4.78, 5) is 16.1. The van der Waals surface area contributed by atoms with Gasteiger partial charge in [-0.3, -0.25) is 4.79 Å². The Morgan fingerprint density at radius 2 is 1.82 bits per heavy atom. The number of alkyl halides is 3. The first-order chi connectivity index (χ1) is 15.9. The zero-order valence-corrected chi connectivity index (χ0v) is 19.1. The van der Waals surface area contributed by atoms with Gasteiger partial charge in [0.2, 0.25) is 15.9 Å². The van der Waals surface area contributed by atoms with Crippen LogP contribution in [-0.4, -0.2) is 42.0 Å². The molecule has 9 nitrogen and oxygen atoms in total. The molecule has 1 amide bonds. The van der Waals surface area contributed by atoms with E-state index in [2.05, 4.69) is 24.9 Å². The molecule has 0 aliphatic rings. The largest absolute Gasteiger partial charge is 0.573 e. The highest BCUT2D eigenvalue weighted by Gasteiger charge is 2.31. The molecule has 1 aromatic carbocycles. The van der Waals surface area contributed by atoms with E-state index in [9.17, 15) is 26.4 Å². The molecule has 0 spiro atoms. The van der Waals surface area contributed by atoms with Crippen LogP contribution in [0, 0.1) is 13.8 Å². The van der Waals surface area contributed by atoms with E-state index in [1.165, 1.54) is 0 Å². The average Bonchev–Trinajstić information content (AvgIpc) is 3.09. The number of benzene rings is 1. The average molecular weight is 497 g/mol. The van der Waals surface area contributed by atoms with Gasteiger partial charge in [0, 0.05) is 31.4 Å². The van der Waals surface area contributed by atoms with E-state index in [1.807, 2.05) is 19.9 Å². The third-order valence-electron chi connectivity index (χ3n) is 4.54. The van der Waals surface area contributed by atoms with Crippen molar-refractivity contribution >= 4 is 15.9 Å². The molecule has 0 fully saturated rings. The van der Waals surface area contributed by atoms with E-state index in [0.717, 1.165) is 41.2 Å². The Morgan fingerprint density at radius 1 is 1.12 bits per heavy atom. The molecule has 0 bridgehead atoms. The minimum Gasteiger partial charge on any atom is -0.406 e. The van der Waals surface area contributed by atoms with E-state index in [1.54, 1.807) is 23.0 Å². The van der Waals surface area contributed by atoms with Gasteiger partial charge in [0.15, 0.2) is 5.82 Å². The third-order valence-corrected chi connectivity index (χ3v) is 6.01. The molecule has 3 rings (SSSR count). The number of ether oxygens (including phenoxy) is 1. The zero-order chi connectivity index (χ0) is 24.9. The molecule has 0 aliphatic heterocycles. The molecular weight excluding hydrogens is 475 g/mol. The Morgan fingerprint density at radius 3 is 2.38 bits per heavy atom. The minimum atomic E-state index is -4.87. The van der Waals surface area contributed by atoms with Crippen molar-refractivity contribution in [1.29, 1.82) is 0 Å². The quantitative estimate of drug-likeness (QED) is 0.470. The van der Waals surface area contributed by atoms with Crippen molar-refractivity contribution in [3.05, 3.63) is 65.6 Å². The molecular formula is C21H22F3N5O4S.